The van der Waals surface area contributed by atoms with Gasteiger partial charge in [-0.15, -0.1) is 0 Å². The molecule has 0 saturated carbocycles. The molecule has 0 unspecified atom stereocenters. The molecule has 0 aliphatic rings. The minimum atomic E-state index is -0.220. The van der Waals surface area contributed by atoms with Crippen molar-refractivity contribution in [3.8, 4) is 17.2 Å². The normalized spacial score (nSPS) is 10.7. The van der Waals surface area contributed by atoms with E-state index in [0.717, 1.165) is 16.9 Å². The molecule has 2 heterocycles. The lowest BCUT2D eigenvalue weighted by Gasteiger charge is -2.14. The number of nitrogens with one attached hydrogen (secondary N) is 1. The van der Waals surface area contributed by atoms with Crippen molar-refractivity contribution >= 4 is 17.2 Å². The van der Waals surface area contributed by atoms with Gasteiger partial charge in [0, 0.05) is 29.7 Å². The molecule has 7 nitrogen and oxygen atoms in total. The fraction of sp³-hybridized carbons (Fsp3) is 0.167. The van der Waals surface area contributed by atoms with Crippen molar-refractivity contribution in [2.24, 2.45) is 0 Å². The second kappa shape index (κ2) is 8.79. The number of ether oxygens (including phenoxy) is 3. The van der Waals surface area contributed by atoms with E-state index in [-0.39, 0.29) is 5.91 Å². The molecule has 158 valence electrons. The van der Waals surface area contributed by atoms with Gasteiger partial charge in [-0.25, -0.2) is 4.98 Å². The van der Waals surface area contributed by atoms with Gasteiger partial charge in [0.25, 0.3) is 5.91 Å². The highest BCUT2D eigenvalue weighted by molar-refractivity contribution is 6.04. The van der Waals surface area contributed by atoms with Crippen LogP contribution in [0.2, 0.25) is 0 Å². The third-order valence-electron chi connectivity index (χ3n) is 4.90. The number of amides is 1. The first-order valence-corrected chi connectivity index (χ1v) is 9.77. The molecule has 0 aliphatic heterocycles. The Kier molecular flexibility index (Phi) is 5.75. The molecule has 0 radical (unpaired) electrons. The summed E-state index contributed by atoms with van der Waals surface area (Å²) in [6, 6.07) is 16.4. The number of carbonyl (C=O) groups excluding carboxylic acids is 1. The number of aromatic nitrogens is 2. The second-order valence-corrected chi connectivity index (χ2v) is 6.99. The first kappa shape index (κ1) is 20.3. The molecule has 0 spiro atoms. The molecule has 0 fully saturated rings. The summed E-state index contributed by atoms with van der Waals surface area (Å²) in [6.07, 6.45) is 3.88. The van der Waals surface area contributed by atoms with E-state index in [4.69, 9.17) is 14.2 Å². The van der Waals surface area contributed by atoms with Gasteiger partial charge in [0.15, 0.2) is 11.5 Å². The highest BCUT2D eigenvalue weighted by atomic mass is 16.5. The molecular formula is C24H23N3O4. The molecule has 1 N–H and O–H groups in total. The van der Waals surface area contributed by atoms with Crippen molar-refractivity contribution in [1.29, 1.82) is 0 Å². The number of pyridine rings is 1. The van der Waals surface area contributed by atoms with Crippen LogP contribution in [0.3, 0.4) is 0 Å². The van der Waals surface area contributed by atoms with Gasteiger partial charge in [0.2, 0.25) is 0 Å². The van der Waals surface area contributed by atoms with Crippen LogP contribution in [0, 0.1) is 6.92 Å². The Morgan fingerprint density at radius 2 is 1.77 bits per heavy atom. The zero-order valence-electron chi connectivity index (χ0n) is 17.6. The van der Waals surface area contributed by atoms with Crippen LogP contribution in [0.25, 0.3) is 5.65 Å². The number of hydrogen-bond donors (Lipinski definition) is 1. The average molecular weight is 417 g/mol. The second-order valence-electron chi connectivity index (χ2n) is 6.99. The van der Waals surface area contributed by atoms with Crippen molar-refractivity contribution < 1.29 is 19.0 Å². The first-order valence-electron chi connectivity index (χ1n) is 9.77. The van der Waals surface area contributed by atoms with E-state index in [1.807, 2.05) is 48.0 Å². The first-order chi connectivity index (χ1) is 15.1. The molecule has 7 heteroatoms. The number of carbonyl (C=O) groups is 1. The van der Waals surface area contributed by atoms with E-state index in [0.29, 0.717) is 35.1 Å². The Labute approximate surface area is 180 Å². The number of rotatable bonds is 7. The zero-order valence-corrected chi connectivity index (χ0v) is 17.6. The largest absolute Gasteiger partial charge is 0.493 e. The van der Waals surface area contributed by atoms with E-state index < -0.39 is 0 Å². The molecule has 0 bridgehead atoms. The van der Waals surface area contributed by atoms with E-state index in [1.54, 1.807) is 44.6 Å². The Hall–Kier alpha value is -4.00. The molecule has 4 aromatic rings. The number of imidazole rings is 1. The van der Waals surface area contributed by atoms with Crippen molar-refractivity contribution in [2.75, 3.05) is 19.5 Å². The van der Waals surface area contributed by atoms with E-state index >= 15 is 0 Å². The number of benzene rings is 2. The third kappa shape index (κ3) is 4.45. The minimum Gasteiger partial charge on any atom is -0.493 e. The Balaban J connectivity index is 1.41. The number of hydrogen-bond acceptors (Lipinski definition) is 5. The van der Waals surface area contributed by atoms with Crippen LogP contribution >= 0.6 is 0 Å². The van der Waals surface area contributed by atoms with E-state index in [1.165, 1.54) is 0 Å². The van der Waals surface area contributed by atoms with Crippen LogP contribution in [0.15, 0.2) is 67.0 Å². The topological polar surface area (TPSA) is 74.1 Å². The van der Waals surface area contributed by atoms with Crippen LogP contribution in [0.4, 0.5) is 5.69 Å². The quantitative estimate of drug-likeness (QED) is 0.480. The Morgan fingerprint density at radius 3 is 2.48 bits per heavy atom. The maximum Gasteiger partial charge on any atom is 0.255 e. The fourth-order valence-electron chi connectivity index (χ4n) is 3.23. The predicted molar refractivity (Wildman–Crippen MR) is 118 cm³/mol. The molecule has 0 aliphatic carbocycles. The lowest BCUT2D eigenvalue weighted by molar-refractivity contribution is 0.102. The number of anilines is 1. The summed E-state index contributed by atoms with van der Waals surface area (Å²) in [5.41, 5.74) is 3.76. The van der Waals surface area contributed by atoms with Crippen LogP contribution in [-0.4, -0.2) is 29.5 Å². The molecular weight excluding hydrogens is 394 g/mol. The molecule has 2 aromatic heterocycles. The van der Waals surface area contributed by atoms with E-state index in [9.17, 15) is 4.79 Å². The lowest BCUT2D eigenvalue weighted by atomic mass is 10.1. The summed E-state index contributed by atoms with van der Waals surface area (Å²) in [5.74, 6) is 1.61. The predicted octanol–water partition coefficient (Wildman–Crippen LogP) is 4.49. The molecule has 31 heavy (non-hydrogen) atoms. The lowest BCUT2D eigenvalue weighted by Crippen LogP contribution is -2.13. The molecule has 4 rings (SSSR count). The van der Waals surface area contributed by atoms with Gasteiger partial charge in [-0.05, 0) is 55.0 Å². The van der Waals surface area contributed by atoms with Crippen LogP contribution in [-0.2, 0) is 6.61 Å². The van der Waals surface area contributed by atoms with Gasteiger partial charge < -0.3 is 23.9 Å². The molecule has 1 amide bonds. The third-order valence-corrected chi connectivity index (χ3v) is 4.90. The zero-order chi connectivity index (χ0) is 21.8. The van der Waals surface area contributed by atoms with Crippen LogP contribution < -0.4 is 19.5 Å². The summed E-state index contributed by atoms with van der Waals surface area (Å²) in [7, 11) is 3.14. The highest BCUT2D eigenvalue weighted by Crippen LogP contribution is 2.33. The molecule has 0 saturated heterocycles. The fourth-order valence-corrected chi connectivity index (χ4v) is 3.23. The number of methoxy groups -OCH3 is 2. The van der Waals surface area contributed by atoms with Crippen LogP contribution in [0.1, 0.15) is 21.6 Å². The van der Waals surface area contributed by atoms with Gasteiger partial charge >= 0.3 is 0 Å². The van der Waals surface area contributed by atoms with Crippen molar-refractivity contribution in [3.63, 3.8) is 0 Å². The highest BCUT2D eigenvalue weighted by Gasteiger charge is 2.12. The summed E-state index contributed by atoms with van der Waals surface area (Å²) < 4.78 is 18.4. The van der Waals surface area contributed by atoms with Crippen molar-refractivity contribution in [2.45, 2.75) is 13.5 Å². The maximum atomic E-state index is 12.7. The van der Waals surface area contributed by atoms with Crippen molar-refractivity contribution in [1.82, 2.24) is 9.38 Å². The summed E-state index contributed by atoms with van der Waals surface area (Å²) in [5, 5.41) is 2.92. The van der Waals surface area contributed by atoms with Gasteiger partial charge in [0.05, 0.1) is 19.9 Å². The Morgan fingerprint density at radius 1 is 1.03 bits per heavy atom. The molecule has 0 atom stereocenters. The monoisotopic (exact) mass is 417 g/mol. The summed E-state index contributed by atoms with van der Waals surface area (Å²) in [6.45, 7) is 2.24. The van der Waals surface area contributed by atoms with E-state index in [2.05, 4.69) is 10.3 Å². The SMILES string of the molecule is COc1cc(C)c(NC(=O)c2ccc(OCc3cn4ccccc4n3)cc2)cc1OC. The summed E-state index contributed by atoms with van der Waals surface area (Å²) in [4.78, 5) is 17.2. The number of fused-ring (bicyclic) bond motifs is 1. The number of nitrogens with zero attached hydrogens (tertiary/aromatic N) is 2. The van der Waals surface area contributed by atoms with Crippen molar-refractivity contribution in [3.05, 3.63) is 83.8 Å². The van der Waals surface area contributed by atoms with Crippen LogP contribution in [0.5, 0.6) is 17.2 Å². The van der Waals surface area contributed by atoms with Gasteiger partial charge in [-0.2, -0.15) is 0 Å². The number of aryl methyl sites for hydroxylation is 1. The standard InChI is InChI=1S/C24H23N3O4/c1-16-12-21(29-2)22(30-3)13-20(16)26-24(28)17-7-9-19(10-8-17)31-15-18-14-27-11-5-4-6-23(27)25-18/h4-14H,15H2,1-3H3,(H,26,28). The molecule has 2 aromatic carbocycles. The Bertz CT molecular complexity index is 1180. The van der Waals surface area contributed by atoms with Gasteiger partial charge in [-0.1, -0.05) is 6.07 Å². The summed E-state index contributed by atoms with van der Waals surface area (Å²) >= 11 is 0. The average Bonchev–Trinajstić information content (AvgIpc) is 3.22. The van der Waals surface area contributed by atoms with Gasteiger partial charge in [0.1, 0.15) is 18.0 Å². The smallest absolute Gasteiger partial charge is 0.255 e. The maximum absolute atomic E-state index is 12.7. The van der Waals surface area contributed by atoms with Gasteiger partial charge in [-0.3, -0.25) is 4.79 Å². The minimum absolute atomic E-state index is 0.220.